The number of alkyl halides is 3. The Labute approximate surface area is 87.9 Å². The van der Waals surface area contributed by atoms with Crippen molar-refractivity contribution in [2.24, 2.45) is 0 Å². The standard InChI is InChI=1S/C8H2Cl2F3N/c1-14-7-5(9)2-4(3-6(7)10)8(11,12)13/h2-3H. The van der Waals surface area contributed by atoms with Gasteiger partial charge in [0.1, 0.15) is 0 Å². The molecular weight excluding hydrogens is 238 g/mol. The zero-order chi connectivity index (χ0) is 10.9. The molecule has 0 saturated heterocycles. The molecule has 0 atom stereocenters. The maximum Gasteiger partial charge on any atom is 0.416 e. The lowest BCUT2D eigenvalue weighted by Gasteiger charge is -2.08. The van der Waals surface area contributed by atoms with Crippen molar-refractivity contribution in [3.05, 3.63) is 39.2 Å². The van der Waals surface area contributed by atoms with Crippen LogP contribution in [0.5, 0.6) is 0 Å². The average molecular weight is 240 g/mol. The Hall–Kier alpha value is -0.920. The van der Waals surface area contributed by atoms with Crippen LogP contribution in [0.15, 0.2) is 12.1 Å². The molecule has 0 saturated carbocycles. The largest absolute Gasteiger partial charge is 0.416 e. The fraction of sp³-hybridized carbons (Fsp3) is 0.125. The van der Waals surface area contributed by atoms with Gasteiger partial charge in [0.2, 0.25) is 5.69 Å². The first-order valence-corrected chi connectivity index (χ1v) is 4.05. The molecule has 0 fully saturated rings. The molecule has 1 aromatic carbocycles. The second-order valence-electron chi connectivity index (χ2n) is 2.40. The van der Waals surface area contributed by atoms with Crippen LogP contribution in [0.4, 0.5) is 18.9 Å². The predicted molar refractivity (Wildman–Crippen MR) is 47.7 cm³/mol. The van der Waals surface area contributed by atoms with E-state index in [0.29, 0.717) is 12.1 Å². The molecule has 6 heteroatoms. The molecule has 0 amide bonds. The van der Waals surface area contributed by atoms with Gasteiger partial charge in [-0.1, -0.05) is 23.2 Å². The van der Waals surface area contributed by atoms with Crippen molar-refractivity contribution in [1.29, 1.82) is 0 Å². The van der Waals surface area contributed by atoms with E-state index in [1.54, 1.807) is 0 Å². The summed E-state index contributed by atoms with van der Waals surface area (Å²) in [6.45, 7) is 6.63. The molecule has 0 N–H and O–H groups in total. The van der Waals surface area contributed by atoms with Crippen LogP contribution < -0.4 is 0 Å². The topological polar surface area (TPSA) is 4.36 Å². The van der Waals surface area contributed by atoms with E-state index in [2.05, 4.69) is 4.85 Å². The summed E-state index contributed by atoms with van der Waals surface area (Å²) in [6.07, 6.45) is -4.51. The third kappa shape index (κ3) is 2.11. The zero-order valence-electron chi connectivity index (χ0n) is 6.49. The van der Waals surface area contributed by atoms with Gasteiger partial charge in [-0.25, -0.2) is 4.85 Å². The molecule has 0 spiro atoms. The number of benzene rings is 1. The van der Waals surface area contributed by atoms with E-state index in [-0.39, 0.29) is 15.7 Å². The van der Waals surface area contributed by atoms with Crippen LogP contribution in [0.3, 0.4) is 0 Å². The van der Waals surface area contributed by atoms with Gasteiger partial charge in [0.05, 0.1) is 12.1 Å². The van der Waals surface area contributed by atoms with Crippen molar-refractivity contribution in [1.82, 2.24) is 0 Å². The van der Waals surface area contributed by atoms with Crippen LogP contribution in [0, 0.1) is 6.57 Å². The first kappa shape index (κ1) is 11.2. The Bertz CT molecular complexity index is 383. The molecular formula is C8H2Cl2F3N. The summed E-state index contributed by atoms with van der Waals surface area (Å²) >= 11 is 10.9. The highest BCUT2D eigenvalue weighted by Crippen LogP contribution is 2.39. The third-order valence-corrected chi connectivity index (χ3v) is 2.03. The third-order valence-electron chi connectivity index (χ3n) is 1.46. The van der Waals surface area contributed by atoms with E-state index in [9.17, 15) is 13.2 Å². The maximum absolute atomic E-state index is 12.2. The van der Waals surface area contributed by atoms with Crippen LogP contribution >= 0.6 is 23.2 Å². The summed E-state index contributed by atoms with van der Waals surface area (Å²) in [5, 5.41) is -0.584. The highest BCUT2D eigenvalue weighted by molar-refractivity contribution is 6.39. The lowest BCUT2D eigenvalue weighted by atomic mass is 10.2. The van der Waals surface area contributed by atoms with E-state index in [4.69, 9.17) is 29.8 Å². The molecule has 0 aromatic heterocycles. The minimum Gasteiger partial charge on any atom is -0.235 e. The molecule has 14 heavy (non-hydrogen) atoms. The molecule has 0 bridgehead atoms. The van der Waals surface area contributed by atoms with Gasteiger partial charge in [-0.15, -0.1) is 0 Å². The molecule has 0 aliphatic heterocycles. The minimum atomic E-state index is -4.51. The van der Waals surface area contributed by atoms with Crippen molar-refractivity contribution in [2.75, 3.05) is 0 Å². The van der Waals surface area contributed by atoms with Crippen LogP contribution in [-0.2, 0) is 6.18 Å². The molecule has 1 aromatic rings. The Kier molecular flexibility index (Phi) is 2.93. The summed E-state index contributed by atoms with van der Waals surface area (Å²) in [4.78, 5) is 2.91. The molecule has 0 radical (unpaired) electrons. The summed E-state index contributed by atoms with van der Waals surface area (Å²) < 4.78 is 36.6. The summed E-state index contributed by atoms with van der Waals surface area (Å²) in [6, 6.07) is 1.36. The summed E-state index contributed by atoms with van der Waals surface area (Å²) in [7, 11) is 0. The summed E-state index contributed by atoms with van der Waals surface area (Å²) in [5.74, 6) is 0. The fourth-order valence-corrected chi connectivity index (χ4v) is 1.41. The SMILES string of the molecule is [C-]#[N+]c1c(Cl)cc(C(F)(F)F)cc1Cl. The van der Waals surface area contributed by atoms with Gasteiger partial charge >= 0.3 is 6.18 Å². The predicted octanol–water partition coefficient (Wildman–Crippen LogP) is 4.56. The van der Waals surface area contributed by atoms with Gasteiger partial charge in [-0.3, -0.25) is 0 Å². The fourth-order valence-electron chi connectivity index (χ4n) is 0.836. The first-order chi connectivity index (χ1) is 6.36. The van der Waals surface area contributed by atoms with Crippen molar-refractivity contribution >= 4 is 28.9 Å². The van der Waals surface area contributed by atoms with Crippen LogP contribution in [0.2, 0.25) is 10.0 Å². The molecule has 0 heterocycles. The average Bonchev–Trinajstić information content (AvgIpc) is 2.01. The van der Waals surface area contributed by atoms with E-state index in [0.717, 1.165) is 0 Å². The Morgan fingerprint density at radius 2 is 1.57 bits per heavy atom. The number of nitrogens with zero attached hydrogens (tertiary/aromatic N) is 1. The van der Waals surface area contributed by atoms with Gasteiger partial charge in [0.25, 0.3) is 0 Å². The van der Waals surface area contributed by atoms with Gasteiger partial charge in [0.15, 0.2) is 0 Å². The maximum atomic E-state index is 12.2. The Morgan fingerprint density at radius 1 is 1.14 bits per heavy atom. The molecule has 0 aliphatic carbocycles. The van der Waals surface area contributed by atoms with Crippen LogP contribution in [-0.4, -0.2) is 0 Å². The van der Waals surface area contributed by atoms with Crippen molar-refractivity contribution in [2.45, 2.75) is 6.18 Å². The zero-order valence-corrected chi connectivity index (χ0v) is 8.00. The molecule has 1 rings (SSSR count). The number of hydrogen-bond donors (Lipinski definition) is 0. The number of hydrogen-bond acceptors (Lipinski definition) is 0. The highest BCUT2D eigenvalue weighted by atomic mass is 35.5. The normalized spacial score (nSPS) is 11.1. The second kappa shape index (κ2) is 3.68. The Morgan fingerprint density at radius 3 is 1.86 bits per heavy atom. The van der Waals surface area contributed by atoms with Crippen molar-refractivity contribution in [3.8, 4) is 0 Å². The van der Waals surface area contributed by atoms with E-state index >= 15 is 0 Å². The van der Waals surface area contributed by atoms with Gasteiger partial charge in [-0.2, -0.15) is 13.2 Å². The van der Waals surface area contributed by atoms with Crippen molar-refractivity contribution < 1.29 is 13.2 Å². The smallest absolute Gasteiger partial charge is 0.235 e. The summed E-state index contributed by atoms with van der Waals surface area (Å²) in [5.41, 5.74) is -1.12. The van der Waals surface area contributed by atoms with E-state index in [1.807, 2.05) is 0 Å². The van der Waals surface area contributed by atoms with Gasteiger partial charge < -0.3 is 0 Å². The molecule has 1 nitrogen and oxygen atoms in total. The highest BCUT2D eigenvalue weighted by Gasteiger charge is 2.31. The number of rotatable bonds is 0. The van der Waals surface area contributed by atoms with Crippen molar-refractivity contribution in [3.63, 3.8) is 0 Å². The molecule has 74 valence electrons. The quantitative estimate of drug-likeness (QED) is 0.585. The van der Waals surface area contributed by atoms with Gasteiger partial charge in [0, 0.05) is 10.0 Å². The molecule has 0 aliphatic rings. The van der Waals surface area contributed by atoms with Crippen LogP contribution in [0.25, 0.3) is 4.85 Å². The van der Waals surface area contributed by atoms with Crippen LogP contribution in [0.1, 0.15) is 5.56 Å². The van der Waals surface area contributed by atoms with Gasteiger partial charge in [-0.05, 0) is 12.1 Å². The monoisotopic (exact) mass is 239 g/mol. The number of halogens is 5. The molecule has 0 unspecified atom stereocenters. The lowest BCUT2D eigenvalue weighted by molar-refractivity contribution is -0.137. The van der Waals surface area contributed by atoms with E-state index in [1.165, 1.54) is 0 Å². The van der Waals surface area contributed by atoms with E-state index < -0.39 is 11.7 Å². The lowest BCUT2D eigenvalue weighted by Crippen LogP contribution is -2.04. The first-order valence-electron chi connectivity index (χ1n) is 3.30. The Balaban J connectivity index is 3.37. The minimum absolute atomic E-state index is 0.165. The second-order valence-corrected chi connectivity index (χ2v) is 3.21.